The van der Waals surface area contributed by atoms with Crippen LogP contribution in [0.3, 0.4) is 0 Å². The average Bonchev–Trinajstić information content (AvgIpc) is 3.10. The van der Waals surface area contributed by atoms with Gasteiger partial charge in [-0.3, -0.25) is 4.79 Å². The van der Waals surface area contributed by atoms with E-state index in [0.717, 1.165) is 0 Å². The minimum Gasteiger partial charge on any atom is -0.351 e. The average molecular weight is 320 g/mol. The Labute approximate surface area is 141 Å². The Hall–Kier alpha value is -2.95. The van der Waals surface area contributed by atoms with E-state index >= 15 is 0 Å². The molecule has 0 radical (unpaired) electrons. The van der Waals surface area contributed by atoms with Crippen molar-refractivity contribution < 1.29 is 4.79 Å². The van der Waals surface area contributed by atoms with Gasteiger partial charge in [0.05, 0.1) is 6.20 Å². The minimum atomic E-state index is -0.0788. The van der Waals surface area contributed by atoms with Crippen molar-refractivity contribution in [2.24, 2.45) is 0 Å². The molecular weight excluding hydrogens is 300 g/mol. The molecule has 0 saturated carbocycles. The lowest BCUT2D eigenvalue weighted by Gasteiger charge is -2.26. The highest BCUT2D eigenvalue weighted by Crippen LogP contribution is 2.27. The molecule has 5 heteroatoms. The zero-order valence-corrected chi connectivity index (χ0v) is 13.5. The number of hydrogen-bond donors (Lipinski definition) is 1. The lowest BCUT2D eigenvalue weighted by Crippen LogP contribution is -2.39. The largest absolute Gasteiger partial charge is 0.351 e. The molecule has 0 fully saturated rings. The second kappa shape index (κ2) is 7.55. The summed E-state index contributed by atoms with van der Waals surface area (Å²) in [6.07, 6.45) is 3.24. The van der Waals surface area contributed by atoms with Crippen molar-refractivity contribution in [3.05, 3.63) is 84.2 Å². The quantitative estimate of drug-likeness (QED) is 0.759. The molecule has 3 aromatic rings. The second-order valence-corrected chi connectivity index (χ2v) is 5.76. The van der Waals surface area contributed by atoms with E-state index in [-0.39, 0.29) is 24.4 Å². The van der Waals surface area contributed by atoms with Crippen LogP contribution in [0.25, 0.3) is 0 Å². The lowest BCUT2D eigenvalue weighted by atomic mass is 9.86. The van der Waals surface area contributed by atoms with Crippen LogP contribution in [0.5, 0.6) is 0 Å². The molecule has 0 saturated heterocycles. The smallest absolute Gasteiger partial charge is 0.242 e. The molecule has 1 heterocycles. The van der Waals surface area contributed by atoms with Crippen LogP contribution in [0.4, 0.5) is 0 Å². The zero-order chi connectivity index (χ0) is 16.8. The Balaban J connectivity index is 1.79. The number of rotatable bonds is 6. The maximum absolute atomic E-state index is 12.3. The van der Waals surface area contributed by atoms with E-state index in [4.69, 9.17) is 0 Å². The summed E-state index contributed by atoms with van der Waals surface area (Å²) in [5, 5.41) is 10.6. The van der Waals surface area contributed by atoms with E-state index in [9.17, 15) is 4.79 Å². The topological polar surface area (TPSA) is 59.8 Å². The van der Waals surface area contributed by atoms with Crippen LogP contribution < -0.4 is 5.32 Å². The molecule has 0 spiro atoms. The summed E-state index contributed by atoms with van der Waals surface area (Å²) in [4.78, 5) is 12.3. The van der Waals surface area contributed by atoms with Gasteiger partial charge in [-0.1, -0.05) is 65.9 Å². The van der Waals surface area contributed by atoms with Crippen LogP contribution in [0, 0.1) is 0 Å². The van der Waals surface area contributed by atoms with Gasteiger partial charge < -0.3 is 5.32 Å². The molecule has 2 aromatic carbocycles. The van der Waals surface area contributed by atoms with Gasteiger partial charge in [0.25, 0.3) is 0 Å². The maximum Gasteiger partial charge on any atom is 0.242 e. The molecule has 0 bridgehead atoms. The number of amides is 1. The van der Waals surface area contributed by atoms with Gasteiger partial charge in [0, 0.05) is 18.2 Å². The van der Waals surface area contributed by atoms with Crippen molar-refractivity contribution >= 4 is 5.91 Å². The molecule has 122 valence electrons. The highest BCUT2D eigenvalue weighted by atomic mass is 16.2. The molecule has 1 unspecified atom stereocenters. The molecule has 1 atom stereocenters. The van der Waals surface area contributed by atoms with Gasteiger partial charge in [-0.2, -0.15) is 0 Å². The number of benzene rings is 2. The summed E-state index contributed by atoms with van der Waals surface area (Å²) in [5.74, 6) is 0.0111. The number of nitrogens with one attached hydrogen (secondary N) is 1. The molecule has 3 rings (SSSR count). The van der Waals surface area contributed by atoms with Crippen molar-refractivity contribution in [1.29, 1.82) is 0 Å². The first-order valence-corrected chi connectivity index (χ1v) is 7.97. The third kappa shape index (κ3) is 3.87. The van der Waals surface area contributed by atoms with E-state index in [1.54, 1.807) is 12.4 Å². The van der Waals surface area contributed by atoms with Gasteiger partial charge >= 0.3 is 0 Å². The number of aromatic nitrogens is 3. The summed E-state index contributed by atoms with van der Waals surface area (Å²) in [6.45, 7) is 2.20. The van der Waals surface area contributed by atoms with Crippen LogP contribution in [0.2, 0.25) is 0 Å². The third-order valence-electron chi connectivity index (χ3n) is 3.98. The lowest BCUT2D eigenvalue weighted by molar-refractivity contribution is -0.122. The molecule has 0 aliphatic carbocycles. The summed E-state index contributed by atoms with van der Waals surface area (Å²) in [7, 11) is 0. The monoisotopic (exact) mass is 320 g/mol. The van der Waals surface area contributed by atoms with Crippen LogP contribution in [0.1, 0.15) is 24.0 Å². The van der Waals surface area contributed by atoms with Crippen molar-refractivity contribution in [3.63, 3.8) is 0 Å². The van der Waals surface area contributed by atoms with Gasteiger partial charge in [-0.25, -0.2) is 4.68 Å². The number of carbonyl (C=O) groups is 1. The fourth-order valence-electron chi connectivity index (χ4n) is 2.94. The predicted octanol–water partition coefficient (Wildman–Crippen LogP) is 2.61. The van der Waals surface area contributed by atoms with Crippen LogP contribution in [-0.4, -0.2) is 26.9 Å². The normalized spacial score (nSPS) is 12.1. The highest BCUT2D eigenvalue weighted by molar-refractivity contribution is 5.76. The molecule has 1 aromatic heterocycles. The summed E-state index contributed by atoms with van der Waals surface area (Å²) >= 11 is 0. The van der Waals surface area contributed by atoms with Crippen molar-refractivity contribution in [2.45, 2.75) is 25.4 Å². The molecule has 0 aliphatic heterocycles. The van der Waals surface area contributed by atoms with Gasteiger partial charge in [0.2, 0.25) is 5.91 Å². The Morgan fingerprint density at radius 2 is 1.62 bits per heavy atom. The van der Waals surface area contributed by atoms with E-state index in [0.29, 0.717) is 0 Å². The molecular formula is C19H20N4O. The van der Waals surface area contributed by atoms with E-state index in [2.05, 4.69) is 39.9 Å². The molecule has 1 amide bonds. The Kier molecular flexibility index (Phi) is 5.01. The van der Waals surface area contributed by atoms with Gasteiger partial charge in [-0.15, -0.1) is 5.10 Å². The van der Waals surface area contributed by atoms with E-state index < -0.39 is 0 Å². The summed E-state index contributed by atoms with van der Waals surface area (Å²) in [6, 6.07) is 20.4. The number of nitrogens with zero attached hydrogens (tertiary/aromatic N) is 3. The predicted molar refractivity (Wildman–Crippen MR) is 92.4 cm³/mol. The fraction of sp³-hybridized carbons (Fsp3) is 0.211. The first kappa shape index (κ1) is 15.9. The zero-order valence-electron chi connectivity index (χ0n) is 13.5. The number of carbonyl (C=O) groups excluding carboxylic acids is 1. The standard InChI is InChI=1S/C19H20N4O/c1-15(21-18(24)14-23-13-12-20-22-23)19(16-8-4-2-5-9-16)17-10-6-3-7-11-17/h2-13,15,19H,14H2,1H3,(H,21,24). The first-order chi connectivity index (χ1) is 11.7. The van der Waals surface area contributed by atoms with Crippen molar-refractivity contribution in [1.82, 2.24) is 20.3 Å². The van der Waals surface area contributed by atoms with E-state index in [1.165, 1.54) is 15.8 Å². The van der Waals surface area contributed by atoms with Crippen molar-refractivity contribution in [2.75, 3.05) is 0 Å². The van der Waals surface area contributed by atoms with Gasteiger partial charge in [0.1, 0.15) is 6.54 Å². The second-order valence-electron chi connectivity index (χ2n) is 5.76. The van der Waals surface area contributed by atoms with E-state index in [1.807, 2.05) is 43.3 Å². The Morgan fingerprint density at radius 1 is 1.04 bits per heavy atom. The Bertz CT molecular complexity index is 717. The fourth-order valence-corrected chi connectivity index (χ4v) is 2.94. The minimum absolute atomic E-state index is 0.0502. The van der Waals surface area contributed by atoms with Gasteiger partial charge in [-0.05, 0) is 18.1 Å². The third-order valence-corrected chi connectivity index (χ3v) is 3.98. The first-order valence-electron chi connectivity index (χ1n) is 7.97. The van der Waals surface area contributed by atoms with Crippen LogP contribution in [-0.2, 0) is 11.3 Å². The van der Waals surface area contributed by atoms with Crippen molar-refractivity contribution in [3.8, 4) is 0 Å². The van der Waals surface area contributed by atoms with Crippen LogP contribution >= 0.6 is 0 Å². The van der Waals surface area contributed by atoms with Gasteiger partial charge in [0.15, 0.2) is 0 Å². The molecule has 24 heavy (non-hydrogen) atoms. The summed E-state index contributed by atoms with van der Waals surface area (Å²) in [5.41, 5.74) is 2.36. The Morgan fingerprint density at radius 3 is 2.12 bits per heavy atom. The summed E-state index contributed by atoms with van der Waals surface area (Å²) < 4.78 is 1.52. The molecule has 5 nitrogen and oxygen atoms in total. The highest BCUT2D eigenvalue weighted by Gasteiger charge is 2.22. The van der Waals surface area contributed by atoms with Crippen LogP contribution in [0.15, 0.2) is 73.1 Å². The maximum atomic E-state index is 12.3. The molecule has 1 N–H and O–H groups in total. The molecule has 0 aliphatic rings. The number of hydrogen-bond acceptors (Lipinski definition) is 3. The SMILES string of the molecule is CC(NC(=O)Cn1ccnn1)C(c1ccccc1)c1ccccc1.